The number of nitrogens with zero attached hydrogens (tertiary/aromatic N) is 1. The molecule has 0 saturated heterocycles. The molecule has 0 saturated carbocycles. The number of oxazole rings is 1. The highest BCUT2D eigenvalue weighted by Crippen LogP contribution is 2.19. The Labute approximate surface area is 113 Å². The zero-order valence-corrected chi connectivity index (χ0v) is 11.2. The summed E-state index contributed by atoms with van der Waals surface area (Å²) in [6.07, 6.45) is 10.1. The highest BCUT2D eigenvalue weighted by atomic mass is 16.3. The standard InChI is InChI=1S/C14H21N3O2/c15-8-6-13-17-12(10-19-13)14(18)16-9-7-11-4-2-1-3-5-11/h4,10H,1-3,5-9,15H2,(H,16,18). The molecule has 1 heterocycles. The topological polar surface area (TPSA) is 81.1 Å². The van der Waals surface area contributed by atoms with Gasteiger partial charge < -0.3 is 15.5 Å². The molecule has 19 heavy (non-hydrogen) atoms. The Bertz CT molecular complexity index is 451. The van der Waals surface area contributed by atoms with E-state index in [1.165, 1.54) is 37.5 Å². The molecule has 1 aromatic heterocycles. The predicted molar refractivity (Wildman–Crippen MR) is 72.8 cm³/mol. The fourth-order valence-corrected chi connectivity index (χ4v) is 2.21. The first-order valence-electron chi connectivity index (χ1n) is 6.90. The molecule has 0 bridgehead atoms. The molecule has 0 atom stereocenters. The zero-order valence-electron chi connectivity index (χ0n) is 11.2. The molecule has 1 aliphatic rings. The van der Waals surface area contributed by atoms with Gasteiger partial charge in [-0.05, 0) is 32.1 Å². The summed E-state index contributed by atoms with van der Waals surface area (Å²) >= 11 is 0. The molecule has 0 unspecified atom stereocenters. The van der Waals surface area contributed by atoms with Gasteiger partial charge in [0.1, 0.15) is 6.26 Å². The first kappa shape index (κ1) is 13.8. The molecule has 2 rings (SSSR count). The number of hydrogen-bond donors (Lipinski definition) is 2. The summed E-state index contributed by atoms with van der Waals surface area (Å²) in [4.78, 5) is 15.9. The van der Waals surface area contributed by atoms with Gasteiger partial charge in [0.15, 0.2) is 11.6 Å². The lowest BCUT2D eigenvalue weighted by Crippen LogP contribution is -2.25. The minimum absolute atomic E-state index is 0.177. The first-order valence-corrected chi connectivity index (χ1v) is 6.90. The van der Waals surface area contributed by atoms with E-state index in [0.29, 0.717) is 31.1 Å². The average molecular weight is 263 g/mol. The molecule has 0 spiro atoms. The third-order valence-electron chi connectivity index (χ3n) is 3.26. The molecule has 1 aromatic rings. The maximum absolute atomic E-state index is 11.8. The molecule has 1 aliphatic carbocycles. The van der Waals surface area contributed by atoms with Crippen molar-refractivity contribution in [2.24, 2.45) is 5.73 Å². The number of carbonyl (C=O) groups excluding carboxylic acids is 1. The van der Waals surface area contributed by atoms with Crippen LogP contribution in [0.25, 0.3) is 0 Å². The maximum atomic E-state index is 11.8. The summed E-state index contributed by atoms with van der Waals surface area (Å²) in [6, 6.07) is 0. The predicted octanol–water partition coefficient (Wildman–Crippen LogP) is 1.80. The molecular formula is C14H21N3O2. The van der Waals surface area contributed by atoms with Crippen LogP contribution in [-0.4, -0.2) is 24.0 Å². The van der Waals surface area contributed by atoms with Gasteiger partial charge in [0.25, 0.3) is 5.91 Å². The monoisotopic (exact) mass is 263 g/mol. The molecule has 0 radical (unpaired) electrons. The lowest BCUT2D eigenvalue weighted by Gasteiger charge is -2.12. The number of nitrogens with two attached hydrogens (primary N) is 1. The largest absolute Gasteiger partial charge is 0.448 e. The summed E-state index contributed by atoms with van der Waals surface area (Å²) in [5.74, 6) is 0.339. The number of carbonyl (C=O) groups is 1. The third-order valence-corrected chi connectivity index (χ3v) is 3.26. The Morgan fingerprint density at radius 1 is 1.42 bits per heavy atom. The van der Waals surface area contributed by atoms with Crippen LogP contribution in [0.2, 0.25) is 0 Å². The van der Waals surface area contributed by atoms with Crippen LogP contribution in [0, 0.1) is 0 Å². The molecule has 1 amide bonds. The molecule has 3 N–H and O–H groups in total. The van der Waals surface area contributed by atoms with Gasteiger partial charge in [-0.25, -0.2) is 4.98 Å². The van der Waals surface area contributed by atoms with Gasteiger partial charge in [-0.1, -0.05) is 11.6 Å². The fraction of sp³-hybridized carbons (Fsp3) is 0.571. The minimum Gasteiger partial charge on any atom is -0.448 e. The smallest absolute Gasteiger partial charge is 0.273 e. The quantitative estimate of drug-likeness (QED) is 0.767. The van der Waals surface area contributed by atoms with E-state index in [-0.39, 0.29) is 5.91 Å². The SMILES string of the molecule is NCCc1nc(C(=O)NCCC2=CCCCC2)co1. The second-order valence-corrected chi connectivity index (χ2v) is 4.78. The van der Waals surface area contributed by atoms with Crippen LogP contribution in [0.1, 0.15) is 48.5 Å². The second kappa shape index (κ2) is 7.09. The zero-order chi connectivity index (χ0) is 13.5. The van der Waals surface area contributed by atoms with Crippen molar-refractivity contribution in [3.8, 4) is 0 Å². The summed E-state index contributed by atoms with van der Waals surface area (Å²) in [5.41, 5.74) is 7.19. The number of amides is 1. The fourth-order valence-electron chi connectivity index (χ4n) is 2.21. The van der Waals surface area contributed by atoms with Gasteiger partial charge in [-0.15, -0.1) is 0 Å². The van der Waals surface area contributed by atoms with E-state index in [0.717, 1.165) is 6.42 Å². The van der Waals surface area contributed by atoms with Gasteiger partial charge in [-0.3, -0.25) is 4.79 Å². The van der Waals surface area contributed by atoms with Crippen molar-refractivity contribution < 1.29 is 9.21 Å². The van der Waals surface area contributed by atoms with E-state index in [1.54, 1.807) is 0 Å². The molecule has 104 valence electrons. The summed E-state index contributed by atoms with van der Waals surface area (Å²) in [6.45, 7) is 1.12. The average Bonchev–Trinajstić information content (AvgIpc) is 2.89. The number of hydrogen-bond acceptors (Lipinski definition) is 4. The van der Waals surface area contributed by atoms with Crippen LogP contribution >= 0.6 is 0 Å². The lowest BCUT2D eigenvalue weighted by molar-refractivity contribution is 0.0949. The lowest BCUT2D eigenvalue weighted by atomic mass is 9.97. The van der Waals surface area contributed by atoms with Crippen LogP contribution in [0.3, 0.4) is 0 Å². The van der Waals surface area contributed by atoms with E-state index in [1.807, 2.05) is 0 Å². The summed E-state index contributed by atoms with van der Waals surface area (Å²) < 4.78 is 5.16. The number of rotatable bonds is 6. The Morgan fingerprint density at radius 2 is 2.32 bits per heavy atom. The number of allylic oxidation sites excluding steroid dienone is 1. The molecule has 5 heteroatoms. The Hall–Kier alpha value is -1.62. The van der Waals surface area contributed by atoms with Gasteiger partial charge >= 0.3 is 0 Å². The highest BCUT2D eigenvalue weighted by Gasteiger charge is 2.11. The maximum Gasteiger partial charge on any atom is 0.273 e. The molecule has 0 aliphatic heterocycles. The van der Waals surface area contributed by atoms with E-state index in [4.69, 9.17) is 10.2 Å². The summed E-state index contributed by atoms with van der Waals surface area (Å²) in [5, 5.41) is 2.87. The van der Waals surface area contributed by atoms with Crippen molar-refractivity contribution in [2.75, 3.05) is 13.1 Å². The molecule has 0 aromatic carbocycles. The van der Waals surface area contributed by atoms with Crippen molar-refractivity contribution in [1.82, 2.24) is 10.3 Å². The van der Waals surface area contributed by atoms with Gasteiger partial charge in [0.05, 0.1) is 0 Å². The normalized spacial score (nSPS) is 15.1. The number of nitrogens with one attached hydrogen (secondary N) is 1. The van der Waals surface area contributed by atoms with Crippen molar-refractivity contribution in [1.29, 1.82) is 0 Å². The van der Waals surface area contributed by atoms with E-state index >= 15 is 0 Å². The van der Waals surface area contributed by atoms with Gasteiger partial charge in [0, 0.05) is 19.5 Å². The van der Waals surface area contributed by atoms with Crippen LogP contribution in [0.15, 0.2) is 22.3 Å². The van der Waals surface area contributed by atoms with Crippen LogP contribution in [0.4, 0.5) is 0 Å². The summed E-state index contributed by atoms with van der Waals surface area (Å²) in [7, 11) is 0. The van der Waals surface area contributed by atoms with Crippen LogP contribution < -0.4 is 11.1 Å². The number of aromatic nitrogens is 1. The van der Waals surface area contributed by atoms with Crippen molar-refractivity contribution in [2.45, 2.75) is 38.5 Å². The van der Waals surface area contributed by atoms with Crippen LogP contribution in [0.5, 0.6) is 0 Å². The first-order chi connectivity index (χ1) is 9.29. The van der Waals surface area contributed by atoms with E-state index < -0.39 is 0 Å². The van der Waals surface area contributed by atoms with Crippen LogP contribution in [-0.2, 0) is 6.42 Å². The Balaban J connectivity index is 1.75. The van der Waals surface area contributed by atoms with E-state index in [2.05, 4.69) is 16.4 Å². The van der Waals surface area contributed by atoms with Crippen molar-refractivity contribution in [3.63, 3.8) is 0 Å². The second-order valence-electron chi connectivity index (χ2n) is 4.78. The molecule has 0 fully saturated rings. The Kier molecular flexibility index (Phi) is 5.15. The third kappa shape index (κ3) is 4.21. The molecular weight excluding hydrogens is 242 g/mol. The molecule has 5 nitrogen and oxygen atoms in total. The van der Waals surface area contributed by atoms with Gasteiger partial charge in [-0.2, -0.15) is 0 Å². The van der Waals surface area contributed by atoms with Gasteiger partial charge in [0.2, 0.25) is 0 Å². The van der Waals surface area contributed by atoms with Crippen molar-refractivity contribution >= 4 is 5.91 Å². The van der Waals surface area contributed by atoms with Crippen molar-refractivity contribution in [3.05, 3.63) is 29.5 Å². The van der Waals surface area contributed by atoms with E-state index in [9.17, 15) is 4.79 Å². The highest BCUT2D eigenvalue weighted by molar-refractivity contribution is 5.91. The Morgan fingerprint density at radius 3 is 3.05 bits per heavy atom. The minimum atomic E-state index is -0.177.